The van der Waals surface area contributed by atoms with Gasteiger partial charge in [0.15, 0.2) is 22.9 Å². The lowest BCUT2D eigenvalue weighted by atomic mass is 10.2. The number of esters is 1. The van der Waals surface area contributed by atoms with Crippen molar-refractivity contribution >= 4 is 39.5 Å². The lowest BCUT2D eigenvalue weighted by Crippen LogP contribution is -2.31. The number of imidazole rings is 1. The van der Waals surface area contributed by atoms with Crippen LogP contribution in [0.2, 0.25) is 0 Å². The summed E-state index contributed by atoms with van der Waals surface area (Å²) in [6.07, 6.45) is 1.83. The van der Waals surface area contributed by atoms with E-state index in [1.165, 1.54) is 15.9 Å². The van der Waals surface area contributed by atoms with Crippen molar-refractivity contribution in [2.75, 3.05) is 11.9 Å². The lowest BCUT2D eigenvalue weighted by molar-refractivity contribution is -0.147. The van der Waals surface area contributed by atoms with Crippen LogP contribution in [0, 0.1) is 12.8 Å². The number of amides is 1. The molecule has 0 atom stereocenters. The maximum Gasteiger partial charge on any atom is 0.330 e. The summed E-state index contributed by atoms with van der Waals surface area (Å²) >= 11 is 1.29. The number of carbonyl (C=O) groups excluding carboxylic acids is 2. The third-order valence-electron chi connectivity index (χ3n) is 5.03. The second-order valence-corrected chi connectivity index (χ2v) is 9.33. The van der Waals surface area contributed by atoms with E-state index in [1.54, 1.807) is 9.95 Å². The van der Waals surface area contributed by atoms with Crippen LogP contribution in [0.3, 0.4) is 0 Å². The maximum absolute atomic E-state index is 12.6. The second kappa shape index (κ2) is 11.2. The number of H-pyrrole nitrogens is 1. The average molecular weight is 491 g/mol. The van der Waals surface area contributed by atoms with E-state index in [-0.39, 0.29) is 18.8 Å². The van der Waals surface area contributed by atoms with Crippen LogP contribution in [0.1, 0.15) is 51.6 Å². The minimum absolute atomic E-state index is 0.0256. The topological polar surface area (TPSA) is 141 Å². The van der Waals surface area contributed by atoms with Crippen LogP contribution in [-0.2, 0) is 33.8 Å². The summed E-state index contributed by atoms with van der Waals surface area (Å²) < 4.78 is 8.33. The summed E-state index contributed by atoms with van der Waals surface area (Å²) in [7, 11) is 0. The Morgan fingerprint density at radius 2 is 2.00 bits per heavy atom. The Labute approximate surface area is 200 Å². The minimum Gasteiger partial charge on any atom is -0.456 e. The molecular formula is C22H30N6O5S. The van der Waals surface area contributed by atoms with E-state index in [0.717, 1.165) is 18.5 Å². The summed E-state index contributed by atoms with van der Waals surface area (Å²) in [6, 6.07) is 0. The molecule has 3 aromatic heterocycles. The second-order valence-electron chi connectivity index (χ2n) is 8.47. The van der Waals surface area contributed by atoms with E-state index in [4.69, 9.17) is 4.74 Å². The van der Waals surface area contributed by atoms with Gasteiger partial charge in [-0.3, -0.25) is 29.3 Å². The molecule has 12 heteroatoms. The summed E-state index contributed by atoms with van der Waals surface area (Å²) in [4.78, 5) is 60.4. The zero-order chi connectivity index (χ0) is 24.8. The van der Waals surface area contributed by atoms with Gasteiger partial charge in [-0.15, -0.1) is 11.3 Å². The Balaban J connectivity index is 1.74. The Morgan fingerprint density at radius 3 is 2.65 bits per heavy atom. The number of unbranched alkanes of at least 4 members (excludes halogenated alkanes) is 1. The first-order valence-corrected chi connectivity index (χ1v) is 12.2. The van der Waals surface area contributed by atoms with Gasteiger partial charge in [0.05, 0.1) is 12.1 Å². The number of nitrogens with one attached hydrogen (secondary N) is 2. The molecule has 0 bridgehead atoms. The summed E-state index contributed by atoms with van der Waals surface area (Å²) in [5.41, 5.74) is 0.451. The highest BCUT2D eigenvalue weighted by atomic mass is 32.1. The Kier molecular flexibility index (Phi) is 8.37. The molecule has 0 unspecified atom stereocenters. The third kappa shape index (κ3) is 6.19. The van der Waals surface area contributed by atoms with Gasteiger partial charge in [0.25, 0.3) is 11.5 Å². The van der Waals surface area contributed by atoms with Gasteiger partial charge >= 0.3 is 11.7 Å². The smallest absolute Gasteiger partial charge is 0.330 e. The van der Waals surface area contributed by atoms with Gasteiger partial charge in [0.2, 0.25) is 0 Å². The van der Waals surface area contributed by atoms with Crippen LogP contribution >= 0.6 is 11.3 Å². The van der Waals surface area contributed by atoms with E-state index >= 15 is 0 Å². The quantitative estimate of drug-likeness (QED) is 0.393. The van der Waals surface area contributed by atoms with Crippen LogP contribution in [0.4, 0.5) is 5.13 Å². The van der Waals surface area contributed by atoms with E-state index in [1.807, 2.05) is 27.7 Å². The van der Waals surface area contributed by atoms with Gasteiger partial charge in [-0.2, -0.15) is 0 Å². The Hall–Kier alpha value is -3.28. The SMILES string of the molecule is CCCCn1c(=O)[nH]c(=O)c2c1nc(CCC(=O)OCC(=O)Nc1nc(C)cs1)n2CC(C)C. The fourth-order valence-electron chi connectivity index (χ4n) is 3.49. The van der Waals surface area contributed by atoms with E-state index < -0.39 is 29.7 Å². The molecule has 0 spiro atoms. The minimum atomic E-state index is -0.564. The van der Waals surface area contributed by atoms with E-state index in [2.05, 4.69) is 20.3 Å². The third-order valence-corrected chi connectivity index (χ3v) is 5.91. The van der Waals surface area contributed by atoms with Crippen LogP contribution in [0.5, 0.6) is 0 Å². The Bertz CT molecular complexity index is 1290. The van der Waals surface area contributed by atoms with Crippen molar-refractivity contribution in [3.63, 3.8) is 0 Å². The standard InChI is InChI=1S/C22H30N6O5S/c1-5-6-9-27-19-18(20(31)26-22(27)32)28(10-13(2)3)15(24-19)7-8-17(30)33-11-16(29)25-21-23-14(4)12-34-21/h12-13H,5-11H2,1-4H3,(H,23,25,29)(H,26,31,32). The summed E-state index contributed by atoms with van der Waals surface area (Å²) in [5.74, 6) is -0.312. The predicted octanol–water partition coefficient (Wildman–Crippen LogP) is 2.22. The van der Waals surface area contributed by atoms with E-state index in [0.29, 0.717) is 35.2 Å². The summed E-state index contributed by atoms with van der Waals surface area (Å²) in [5, 5.41) is 4.83. The number of thiazole rings is 1. The molecule has 3 heterocycles. The number of hydrogen-bond donors (Lipinski definition) is 2. The van der Waals surface area contributed by atoms with Crippen molar-refractivity contribution in [2.45, 2.75) is 66.5 Å². The molecule has 0 saturated heterocycles. The number of fused-ring (bicyclic) bond motifs is 1. The molecule has 0 aliphatic rings. The highest BCUT2D eigenvalue weighted by Crippen LogP contribution is 2.17. The van der Waals surface area contributed by atoms with Gasteiger partial charge in [0.1, 0.15) is 5.82 Å². The number of aromatic nitrogens is 5. The first-order chi connectivity index (χ1) is 16.2. The van der Waals surface area contributed by atoms with Crippen molar-refractivity contribution in [2.24, 2.45) is 5.92 Å². The number of aryl methyl sites for hydroxylation is 3. The molecular weight excluding hydrogens is 460 g/mol. The fraction of sp³-hybridized carbons (Fsp3) is 0.545. The molecule has 0 aliphatic carbocycles. The van der Waals surface area contributed by atoms with Crippen LogP contribution in [0.25, 0.3) is 11.2 Å². The maximum atomic E-state index is 12.6. The van der Waals surface area contributed by atoms with Crippen molar-refractivity contribution in [3.05, 3.63) is 37.7 Å². The van der Waals surface area contributed by atoms with Gasteiger partial charge in [-0.1, -0.05) is 27.2 Å². The zero-order valence-corrected chi connectivity index (χ0v) is 20.7. The molecule has 184 valence electrons. The van der Waals surface area contributed by atoms with Crippen molar-refractivity contribution in [1.29, 1.82) is 0 Å². The summed E-state index contributed by atoms with van der Waals surface area (Å²) in [6.45, 7) is 8.37. The lowest BCUT2D eigenvalue weighted by Gasteiger charge is -2.11. The number of aromatic amines is 1. The number of ether oxygens (including phenoxy) is 1. The molecule has 34 heavy (non-hydrogen) atoms. The molecule has 3 rings (SSSR count). The molecule has 11 nitrogen and oxygen atoms in total. The normalized spacial score (nSPS) is 11.3. The molecule has 2 N–H and O–H groups in total. The molecule has 0 saturated carbocycles. The fourth-order valence-corrected chi connectivity index (χ4v) is 4.20. The molecule has 3 aromatic rings. The number of carbonyl (C=O) groups is 2. The molecule has 0 aromatic carbocycles. The molecule has 0 radical (unpaired) electrons. The van der Waals surface area contributed by atoms with Gasteiger partial charge in [-0.25, -0.2) is 14.8 Å². The number of anilines is 1. The van der Waals surface area contributed by atoms with Crippen LogP contribution in [-0.4, -0.2) is 42.6 Å². The number of hydrogen-bond acceptors (Lipinski definition) is 8. The van der Waals surface area contributed by atoms with Gasteiger partial charge in [-0.05, 0) is 19.3 Å². The highest BCUT2D eigenvalue weighted by Gasteiger charge is 2.20. The van der Waals surface area contributed by atoms with Gasteiger partial charge in [0, 0.05) is 24.9 Å². The van der Waals surface area contributed by atoms with Crippen LogP contribution < -0.4 is 16.6 Å². The van der Waals surface area contributed by atoms with Crippen molar-refractivity contribution in [1.82, 2.24) is 24.1 Å². The molecule has 1 amide bonds. The van der Waals surface area contributed by atoms with E-state index in [9.17, 15) is 19.2 Å². The van der Waals surface area contributed by atoms with Gasteiger partial charge < -0.3 is 9.30 Å². The first kappa shape index (κ1) is 25.3. The zero-order valence-electron chi connectivity index (χ0n) is 19.8. The monoisotopic (exact) mass is 490 g/mol. The van der Waals surface area contributed by atoms with Crippen molar-refractivity contribution in [3.8, 4) is 0 Å². The number of nitrogens with zero attached hydrogens (tertiary/aromatic N) is 4. The molecule has 0 fully saturated rings. The molecule has 0 aliphatic heterocycles. The Morgan fingerprint density at radius 1 is 1.24 bits per heavy atom. The number of rotatable bonds is 11. The highest BCUT2D eigenvalue weighted by molar-refractivity contribution is 7.13. The predicted molar refractivity (Wildman–Crippen MR) is 129 cm³/mol. The largest absolute Gasteiger partial charge is 0.456 e. The first-order valence-electron chi connectivity index (χ1n) is 11.3. The van der Waals surface area contributed by atoms with Crippen LogP contribution in [0.15, 0.2) is 15.0 Å². The van der Waals surface area contributed by atoms with Crippen molar-refractivity contribution < 1.29 is 14.3 Å². The average Bonchev–Trinajstić information content (AvgIpc) is 3.33.